The molecule has 1 aliphatic heterocycles. The SMILES string of the molecule is c1cc(CN2CC[C@H]3CCC[C@H]32)c2[nH]ccc2c1. The quantitative estimate of drug-likeness (QED) is 0.850. The second kappa shape index (κ2) is 4.13. The van der Waals surface area contributed by atoms with Crippen molar-refractivity contribution in [3.05, 3.63) is 36.0 Å². The Bertz CT molecular complexity index is 557. The van der Waals surface area contributed by atoms with Gasteiger partial charge in [0.1, 0.15) is 0 Å². The van der Waals surface area contributed by atoms with Crippen LogP contribution in [-0.2, 0) is 6.54 Å². The van der Waals surface area contributed by atoms with Gasteiger partial charge in [-0.1, -0.05) is 24.6 Å². The number of para-hydroxylation sites is 1. The summed E-state index contributed by atoms with van der Waals surface area (Å²) in [5.74, 6) is 0.993. The monoisotopic (exact) mass is 240 g/mol. The third kappa shape index (κ3) is 1.59. The van der Waals surface area contributed by atoms with Crippen molar-refractivity contribution in [1.29, 1.82) is 0 Å². The Morgan fingerprint density at radius 1 is 1.17 bits per heavy atom. The van der Waals surface area contributed by atoms with E-state index < -0.39 is 0 Å². The van der Waals surface area contributed by atoms with Crippen LogP contribution in [0.1, 0.15) is 31.2 Å². The molecule has 1 aliphatic carbocycles. The van der Waals surface area contributed by atoms with Crippen LogP contribution in [-0.4, -0.2) is 22.5 Å². The molecular formula is C16H20N2. The number of rotatable bonds is 2. The summed E-state index contributed by atoms with van der Waals surface area (Å²) in [6.45, 7) is 2.42. The molecule has 2 heterocycles. The van der Waals surface area contributed by atoms with Gasteiger partial charge < -0.3 is 4.98 Å². The van der Waals surface area contributed by atoms with Gasteiger partial charge in [-0.05, 0) is 48.7 Å². The second-order valence-corrected chi connectivity index (χ2v) is 5.88. The Kier molecular flexibility index (Phi) is 2.44. The van der Waals surface area contributed by atoms with E-state index in [1.165, 1.54) is 48.7 Å². The Balaban J connectivity index is 1.62. The maximum absolute atomic E-state index is 3.40. The van der Waals surface area contributed by atoms with E-state index in [2.05, 4.69) is 40.3 Å². The van der Waals surface area contributed by atoms with Crippen molar-refractivity contribution in [1.82, 2.24) is 9.88 Å². The Labute approximate surface area is 108 Å². The van der Waals surface area contributed by atoms with Gasteiger partial charge in [0.15, 0.2) is 0 Å². The van der Waals surface area contributed by atoms with E-state index in [-0.39, 0.29) is 0 Å². The molecular weight excluding hydrogens is 220 g/mol. The maximum atomic E-state index is 3.40. The van der Waals surface area contributed by atoms with Gasteiger partial charge in [0.25, 0.3) is 0 Å². The molecule has 0 spiro atoms. The standard InChI is InChI=1S/C16H20N2/c1-4-13-7-9-17-16(13)14(5-1)11-18-10-8-12-3-2-6-15(12)18/h1,4-5,7,9,12,15,17H,2-3,6,8,10-11H2/t12-,15-/m1/s1. The van der Waals surface area contributed by atoms with Crippen LogP contribution in [0, 0.1) is 5.92 Å². The van der Waals surface area contributed by atoms with Crippen LogP contribution in [0.25, 0.3) is 10.9 Å². The number of nitrogens with one attached hydrogen (secondary N) is 1. The molecule has 2 atom stereocenters. The molecule has 1 N–H and O–H groups in total. The minimum absolute atomic E-state index is 0.871. The molecule has 0 unspecified atom stereocenters. The third-order valence-electron chi connectivity index (χ3n) is 4.92. The molecule has 2 nitrogen and oxygen atoms in total. The van der Waals surface area contributed by atoms with Crippen molar-refractivity contribution in [2.24, 2.45) is 5.92 Å². The van der Waals surface area contributed by atoms with Crippen molar-refractivity contribution < 1.29 is 0 Å². The van der Waals surface area contributed by atoms with E-state index >= 15 is 0 Å². The number of hydrogen-bond acceptors (Lipinski definition) is 1. The third-order valence-corrected chi connectivity index (χ3v) is 4.92. The lowest BCUT2D eigenvalue weighted by atomic mass is 10.0. The summed E-state index contributed by atoms with van der Waals surface area (Å²) < 4.78 is 0. The van der Waals surface area contributed by atoms with Gasteiger partial charge in [-0.15, -0.1) is 0 Å². The lowest BCUT2D eigenvalue weighted by Crippen LogP contribution is -2.29. The predicted molar refractivity (Wildman–Crippen MR) is 74.5 cm³/mol. The van der Waals surface area contributed by atoms with Gasteiger partial charge in [0, 0.05) is 24.3 Å². The molecule has 0 radical (unpaired) electrons. The summed E-state index contributed by atoms with van der Waals surface area (Å²) in [5.41, 5.74) is 2.80. The van der Waals surface area contributed by atoms with Gasteiger partial charge in [-0.25, -0.2) is 0 Å². The first-order valence-electron chi connectivity index (χ1n) is 7.21. The average molecular weight is 240 g/mol. The summed E-state index contributed by atoms with van der Waals surface area (Å²) in [7, 11) is 0. The molecule has 1 aromatic heterocycles. The van der Waals surface area contributed by atoms with Gasteiger partial charge >= 0.3 is 0 Å². The number of aromatic nitrogens is 1. The summed E-state index contributed by atoms with van der Waals surface area (Å²) in [5, 5.41) is 1.34. The minimum atomic E-state index is 0.871. The van der Waals surface area contributed by atoms with E-state index in [1.54, 1.807) is 0 Å². The van der Waals surface area contributed by atoms with Crippen LogP contribution in [0.4, 0.5) is 0 Å². The van der Waals surface area contributed by atoms with E-state index in [0.29, 0.717) is 0 Å². The van der Waals surface area contributed by atoms with Gasteiger partial charge in [0.2, 0.25) is 0 Å². The molecule has 2 fully saturated rings. The zero-order chi connectivity index (χ0) is 11.9. The van der Waals surface area contributed by atoms with E-state index in [4.69, 9.17) is 0 Å². The van der Waals surface area contributed by atoms with Crippen molar-refractivity contribution in [2.75, 3.05) is 6.54 Å². The number of fused-ring (bicyclic) bond motifs is 2. The minimum Gasteiger partial charge on any atom is -0.361 e. The molecule has 0 amide bonds. The molecule has 1 aromatic carbocycles. The van der Waals surface area contributed by atoms with Crippen molar-refractivity contribution in [3.63, 3.8) is 0 Å². The number of hydrogen-bond donors (Lipinski definition) is 1. The molecule has 1 saturated heterocycles. The van der Waals surface area contributed by atoms with Crippen LogP contribution in [0.3, 0.4) is 0 Å². The molecule has 2 heteroatoms. The highest BCUT2D eigenvalue weighted by atomic mass is 15.2. The Hall–Kier alpha value is -1.28. The number of aromatic amines is 1. The smallest absolute Gasteiger partial charge is 0.0499 e. The van der Waals surface area contributed by atoms with Gasteiger partial charge in [0.05, 0.1) is 0 Å². The van der Waals surface area contributed by atoms with Crippen molar-refractivity contribution in [2.45, 2.75) is 38.3 Å². The summed E-state index contributed by atoms with van der Waals surface area (Å²) in [6, 6.07) is 9.70. The fraction of sp³-hybridized carbons (Fsp3) is 0.500. The highest BCUT2D eigenvalue weighted by Gasteiger charge is 2.37. The van der Waals surface area contributed by atoms with Gasteiger partial charge in [-0.3, -0.25) is 4.90 Å². The van der Waals surface area contributed by atoms with E-state index in [9.17, 15) is 0 Å². The Morgan fingerprint density at radius 2 is 2.17 bits per heavy atom. The summed E-state index contributed by atoms with van der Waals surface area (Å²) in [6.07, 6.45) is 7.81. The largest absolute Gasteiger partial charge is 0.361 e. The highest BCUT2D eigenvalue weighted by Crippen LogP contribution is 2.38. The normalized spacial score (nSPS) is 28.0. The number of likely N-dealkylation sites (tertiary alicyclic amines) is 1. The molecule has 2 aromatic rings. The lowest BCUT2D eigenvalue weighted by molar-refractivity contribution is 0.233. The fourth-order valence-corrected chi connectivity index (χ4v) is 4.03. The van der Waals surface area contributed by atoms with E-state index in [1.807, 2.05) is 0 Å². The average Bonchev–Trinajstić information content (AvgIpc) is 3.06. The summed E-state index contributed by atoms with van der Waals surface area (Å²) >= 11 is 0. The molecule has 94 valence electrons. The number of benzene rings is 1. The zero-order valence-corrected chi connectivity index (χ0v) is 10.7. The van der Waals surface area contributed by atoms with Crippen LogP contribution in [0.5, 0.6) is 0 Å². The fourth-order valence-electron chi connectivity index (χ4n) is 4.03. The molecule has 2 aliphatic rings. The van der Waals surface area contributed by atoms with Gasteiger partial charge in [-0.2, -0.15) is 0 Å². The zero-order valence-electron chi connectivity index (χ0n) is 10.7. The lowest BCUT2D eigenvalue weighted by Gasteiger charge is -2.23. The first kappa shape index (κ1) is 10.6. The first-order chi connectivity index (χ1) is 8.92. The first-order valence-corrected chi connectivity index (χ1v) is 7.21. The second-order valence-electron chi connectivity index (χ2n) is 5.88. The van der Waals surface area contributed by atoms with E-state index in [0.717, 1.165) is 18.5 Å². The molecule has 4 rings (SSSR count). The Morgan fingerprint density at radius 3 is 3.17 bits per heavy atom. The highest BCUT2D eigenvalue weighted by molar-refractivity contribution is 5.82. The number of H-pyrrole nitrogens is 1. The van der Waals surface area contributed by atoms with Crippen LogP contribution < -0.4 is 0 Å². The predicted octanol–water partition coefficient (Wildman–Crippen LogP) is 3.54. The van der Waals surface area contributed by atoms with Crippen LogP contribution in [0.15, 0.2) is 30.5 Å². The maximum Gasteiger partial charge on any atom is 0.0499 e. The topological polar surface area (TPSA) is 19.0 Å². The van der Waals surface area contributed by atoms with Crippen molar-refractivity contribution >= 4 is 10.9 Å². The molecule has 18 heavy (non-hydrogen) atoms. The van der Waals surface area contributed by atoms with Crippen molar-refractivity contribution in [3.8, 4) is 0 Å². The number of nitrogens with zero attached hydrogens (tertiary/aromatic N) is 1. The van der Waals surface area contributed by atoms with Crippen LogP contribution in [0.2, 0.25) is 0 Å². The van der Waals surface area contributed by atoms with Crippen LogP contribution >= 0.6 is 0 Å². The molecule has 0 bridgehead atoms. The summed E-state index contributed by atoms with van der Waals surface area (Å²) in [4.78, 5) is 6.11. The molecule has 1 saturated carbocycles.